The molecule has 0 aromatic rings. The van der Waals surface area contributed by atoms with Crippen LogP contribution in [0.4, 0.5) is 0 Å². The number of dihydropyridines is 1. The van der Waals surface area contributed by atoms with Crippen LogP contribution in [0.1, 0.15) is 6.92 Å². The zero-order valence-corrected chi connectivity index (χ0v) is 7.87. The van der Waals surface area contributed by atoms with Gasteiger partial charge >= 0.3 is 0 Å². The van der Waals surface area contributed by atoms with Gasteiger partial charge in [-0.1, -0.05) is 18.2 Å². The summed E-state index contributed by atoms with van der Waals surface area (Å²) in [6.07, 6.45) is 12.1. The first-order valence-corrected chi connectivity index (χ1v) is 4.35. The van der Waals surface area contributed by atoms with Crippen molar-refractivity contribution >= 4 is 0 Å². The van der Waals surface area contributed by atoms with Gasteiger partial charge in [-0.2, -0.15) is 0 Å². The molecular formula is C11H13NO. The molecule has 0 spiro atoms. The minimum atomic E-state index is -0.182. The van der Waals surface area contributed by atoms with Crippen molar-refractivity contribution in [1.29, 1.82) is 0 Å². The van der Waals surface area contributed by atoms with Crippen molar-refractivity contribution < 1.29 is 4.74 Å². The summed E-state index contributed by atoms with van der Waals surface area (Å²) >= 11 is 0. The fraction of sp³-hybridized carbons (Fsp3) is 0.273. The van der Waals surface area contributed by atoms with Crippen LogP contribution < -0.4 is 5.32 Å². The van der Waals surface area contributed by atoms with E-state index in [1.165, 1.54) is 5.57 Å². The fourth-order valence-electron chi connectivity index (χ4n) is 1.73. The Hall–Kier alpha value is -1.44. The fourth-order valence-corrected chi connectivity index (χ4v) is 1.73. The van der Waals surface area contributed by atoms with E-state index in [-0.39, 0.29) is 5.54 Å². The van der Waals surface area contributed by atoms with E-state index >= 15 is 0 Å². The topological polar surface area (TPSA) is 21.3 Å². The Balaban J connectivity index is 2.45. The molecule has 1 aliphatic heterocycles. The maximum absolute atomic E-state index is 5.34. The molecule has 1 unspecified atom stereocenters. The van der Waals surface area contributed by atoms with Gasteiger partial charge in [0, 0.05) is 0 Å². The molecule has 0 saturated heterocycles. The van der Waals surface area contributed by atoms with Gasteiger partial charge in [0.25, 0.3) is 0 Å². The van der Waals surface area contributed by atoms with Gasteiger partial charge in [0.2, 0.25) is 0 Å². The molecule has 0 saturated carbocycles. The lowest BCUT2D eigenvalue weighted by Gasteiger charge is -2.36. The third-order valence-electron chi connectivity index (χ3n) is 2.56. The van der Waals surface area contributed by atoms with Gasteiger partial charge in [-0.15, -0.1) is 0 Å². The van der Waals surface area contributed by atoms with Crippen LogP contribution in [0.2, 0.25) is 0 Å². The number of rotatable bonds is 1. The SMILES string of the molecule is COC1=CC=CC2=CC=CNC21C. The van der Waals surface area contributed by atoms with Crippen LogP contribution in [-0.2, 0) is 4.74 Å². The normalized spacial score (nSPS) is 30.0. The first-order chi connectivity index (χ1) is 6.27. The van der Waals surface area contributed by atoms with Crippen LogP contribution >= 0.6 is 0 Å². The largest absolute Gasteiger partial charge is 0.498 e. The molecule has 0 aromatic heterocycles. The average molecular weight is 175 g/mol. The lowest BCUT2D eigenvalue weighted by atomic mass is 9.84. The van der Waals surface area contributed by atoms with E-state index in [1.54, 1.807) is 7.11 Å². The third kappa shape index (κ3) is 1.10. The van der Waals surface area contributed by atoms with Crippen LogP contribution in [0.25, 0.3) is 0 Å². The van der Waals surface area contributed by atoms with Crippen molar-refractivity contribution in [2.24, 2.45) is 0 Å². The summed E-state index contributed by atoms with van der Waals surface area (Å²) in [4.78, 5) is 0. The minimum Gasteiger partial charge on any atom is -0.498 e. The molecule has 0 aromatic carbocycles. The Morgan fingerprint density at radius 3 is 2.92 bits per heavy atom. The van der Waals surface area contributed by atoms with Crippen molar-refractivity contribution in [3.8, 4) is 0 Å². The molecule has 68 valence electrons. The standard InChI is InChI=1S/C11H13NO/c1-11-9(6-4-8-12-11)5-3-7-10(11)13-2/h3-8,12H,1-2H3. The highest BCUT2D eigenvalue weighted by atomic mass is 16.5. The number of fused-ring (bicyclic) bond motifs is 1. The summed E-state index contributed by atoms with van der Waals surface area (Å²) in [6.45, 7) is 2.11. The molecule has 0 fully saturated rings. The number of methoxy groups -OCH3 is 1. The first-order valence-electron chi connectivity index (χ1n) is 4.35. The second-order valence-corrected chi connectivity index (χ2v) is 3.34. The highest BCUT2D eigenvalue weighted by molar-refractivity contribution is 5.48. The van der Waals surface area contributed by atoms with Crippen molar-refractivity contribution in [2.75, 3.05) is 7.11 Å². The van der Waals surface area contributed by atoms with Gasteiger partial charge in [-0.05, 0) is 30.8 Å². The zero-order chi connectivity index (χ0) is 9.31. The zero-order valence-electron chi connectivity index (χ0n) is 7.87. The van der Waals surface area contributed by atoms with Gasteiger partial charge in [0.05, 0.1) is 7.11 Å². The third-order valence-corrected chi connectivity index (χ3v) is 2.56. The predicted molar refractivity (Wildman–Crippen MR) is 53.0 cm³/mol. The van der Waals surface area contributed by atoms with Gasteiger partial charge in [0.1, 0.15) is 11.3 Å². The Labute approximate surface area is 78.3 Å². The van der Waals surface area contributed by atoms with E-state index in [0.29, 0.717) is 0 Å². The predicted octanol–water partition coefficient (Wildman–Crippen LogP) is 1.89. The Kier molecular flexibility index (Phi) is 1.76. The molecule has 2 heteroatoms. The Morgan fingerprint density at radius 2 is 2.15 bits per heavy atom. The number of allylic oxidation sites excluding steroid dienone is 4. The summed E-state index contributed by atoms with van der Waals surface area (Å²) in [6, 6.07) is 0. The number of nitrogens with one attached hydrogen (secondary N) is 1. The molecule has 2 aliphatic rings. The summed E-state index contributed by atoms with van der Waals surface area (Å²) in [5, 5.41) is 3.31. The summed E-state index contributed by atoms with van der Waals surface area (Å²) in [7, 11) is 1.70. The highest BCUT2D eigenvalue weighted by Crippen LogP contribution is 2.32. The van der Waals surface area contributed by atoms with Crippen LogP contribution in [0.3, 0.4) is 0 Å². The van der Waals surface area contributed by atoms with Gasteiger partial charge in [-0.3, -0.25) is 0 Å². The molecule has 1 heterocycles. The Bertz CT molecular complexity index is 336. The maximum atomic E-state index is 5.34. The van der Waals surface area contributed by atoms with E-state index in [9.17, 15) is 0 Å². The first kappa shape index (κ1) is 8.17. The van der Waals surface area contributed by atoms with Crippen molar-refractivity contribution in [3.63, 3.8) is 0 Å². The molecule has 0 bridgehead atoms. The molecule has 0 radical (unpaired) electrons. The van der Waals surface area contributed by atoms with Crippen LogP contribution in [0, 0.1) is 0 Å². The molecule has 2 rings (SSSR count). The maximum Gasteiger partial charge on any atom is 0.125 e. The van der Waals surface area contributed by atoms with E-state index in [4.69, 9.17) is 4.74 Å². The van der Waals surface area contributed by atoms with Crippen LogP contribution in [0.5, 0.6) is 0 Å². The van der Waals surface area contributed by atoms with Gasteiger partial charge < -0.3 is 10.1 Å². The van der Waals surface area contributed by atoms with Crippen LogP contribution in [-0.4, -0.2) is 12.6 Å². The molecular weight excluding hydrogens is 162 g/mol. The second kappa shape index (κ2) is 2.80. The lowest BCUT2D eigenvalue weighted by molar-refractivity contribution is 0.230. The molecule has 1 N–H and O–H groups in total. The summed E-state index contributed by atoms with van der Waals surface area (Å²) in [5.74, 6) is 0.950. The molecule has 13 heavy (non-hydrogen) atoms. The van der Waals surface area contributed by atoms with E-state index in [0.717, 1.165) is 5.76 Å². The van der Waals surface area contributed by atoms with Crippen molar-refractivity contribution in [1.82, 2.24) is 5.32 Å². The number of hydrogen-bond acceptors (Lipinski definition) is 2. The summed E-state index contributed by atoms with van der Waals surface area (Å²) < 4.78 is 5.34. The lowest BCUT2D eigenvalue weighted by Crippen LogP contribution is -2.45. The monoisotopic (exact) mass is 175 g/mol. The Morgan fingerprint density at radius 1 is 1.31 bits per heavy atom. The molecule has 1 aliphatic carbocycles. The van der Waals surface area contributed by atoms with E-state index < -0.39 is 0 Å². The highest BCUT2D eigenvalue weighted by Gasteiger charge is 2.34. The molecule has 2 nitrogen and oxygen atoms in total. The number of ether oxygens (including phenoxy) is 1. The van der Waals surface area contributed by atoms with Crippen molar-refractivity contribution in [3.05, 3.63) is 47.9 Å². The second-order valence-electron chi connectivity index (χ2n) is 3.34. The van der Waals surface area contributed by atoms with E-state index in [2.05, 4.69) is 24.4 Å². The molecule has 0 amide bonds. The van der Waals surface area contributed by atoms with Gasteiger partial charge in [0.15, 0.2) is 0 Å². The molecule has 1 atom stereocenters. The average Bonchev–Trinajstić information content (AvgIpc) is 2.16. The smallest absolute Gasteiger partial charge is 0.125 e. The van der Waals surface area contributed by atoms with Crippen molar-refractivity contribution in [2.45, 2.75) is 12.5 Å². The van der Waals surface area contributed by atoms with Crippen LogP contribution in [0.15, 0.2) is 47.9 Å². The van der Waals surface area contributed by atoms with E-state index in [1.807, 2.05) is 24.4 Å². The van der Waals surface area contributed by atoms with Gasteiger partial charge in [-0.25, -0.2) is 0 Å². The quantitative estimate of drug-likeness (QED) is 0.657. The summed E-state index contributed by atoms with van der Waals surface area (Å²) in [5.41, 5.74) is 1.05. The minimum absolute atomic E-state index is 0.182. The number of hydrogen-bond donors (Lipinski definition) is 1.